The molecular weight excluding hydrogens is 198 g/mol. The molecule has 0 radical (unpaired) electrons. The summed E-state index contributed by atoms with van der Waals surface area (Å²) >= 11 is 0. The van der Waals surface area contributed by atoms with Gasteiger partial charge in [-0.3, -0.25) is 5.32 Å². The van der Waals surface area contributed by atoms with E-state index in [4.69, 9.17) is 5.26 Å². The largest absolute Gasteiger partial charge is 0.301 e. The Kier molecular flexibility index (Phi) is 5.79. The second-order valence-electron chi connectivity index (χ2n) is 5.17. The van der Waals surface area contributed by atoms with Crippen LogP contribution in [0.4, 0.5) is 0 Å². The van der Waals surface area contributed by atoms with Crippen molar-refractivity contribution in [1.29, 1.82) is 5.26 Å². The highest BCUT2D eigenvalue weighted by atomic mass is 15.2. The van der Waals surface area contributed by atoms with Crippen LogP contribution in [-0.4, -0.2) is 36.1 Å². The van der Waals surface area contributed by atoms with Gasteiger partial charge in [0.25, 0.3) is 0 Å². The van der Waals surface area contributed by atoms with Crippen molar-refractivity contribution in [2.75, 3.05) is 13.1 Å². The van der Waals surface area contributed by atoms with E-state index in [9.17, 15) is 0 Å². The standard InChI is InChI=1S/C13H25N3/c1-11(2)15-13(10-14)7-9-16-8-5-4-6-12(16)3/h11-13,15H,4-9H2,1-3H3. The fourth-order valence-electron chi connectivity index (χ4n) is 2.37. The maximum atomic E-state index is 9.04. The highest BCUT2D eigenvalue weighted by Crippen LogP contribution is 2.16. The third kappa shape index (κ3) is 4.51. The minimum Gasteiger partial charge on any atom is -0.301 e. The van der Waals surface area contributed by atoms with Gasteiger partial charge in [-0.15, -0.1) is 0 Å². The van der Waals surface area contributed by atoms with Gasteiger partial charge in [0.2, 0.25) is 0 Å². The van der Waals surface area contributed by atoms with Crippen LogP contribution in [0.1, 0.15) is 46.5 Å². The highest BCUT2D eigenvalue weighted by molar-refractivity contribution is 4.91. The third-order valence-electron chi connectivity index (χ3n) is 3.34. The van der Waals surface area contributed by atoms with E-state index in [0.29, 0.717) is 12.1 Å². The normalized spacial score (nSPS) is 24.3. The van der Waals surface area contributed by atoms with Crippen molar-refractivity contribution in [2.24, 2.45) is 0 Å². The zero-order chi connectivity index (χ0) is 12.0. The Labute approximate surface area is 99.8 Å². The van der Waals surface area contributed by atoms with Gasteiger partial charge in [-0.1, -0.05) is 6.42 Å². The number of nitriles is 1. The molecule has 0 bridgehead atoms. The van der Waals surface area contributed by atoms with Crippen molar-refractivity contribution in [3.8, 4) is 6.07 Å². The van der Waals surface area contributed by atoms with E-state index < -0.39 is 0 Å². The summed E-state index contributed by atoms with van der Waals surface area (Å²) in [5.41, 5.74) is 0. The minimum atomic E-state index is 0.00845. The molecule has 0 amide bonds. The summed E-state index contributed by atoms with van der Waals surface area (Å²) in [4.78, 5) is 2.52. The van der Waals surface area contributed by atoms with Crippen LogP contribution >= 0.6 is 0 Å². The molecule has 16 heavy (non-hydrogen) atoms. The molecule has 2 unspecified atom stereocenters. The van der Waals surface area contributed by atoms with E-state index in [-0.39, 0.29) is 6.04 Å². The molecule has 3 nitrogen and oxygen atoms in total. The second kappa shape index (κ2) is 6.88. The first-order valence-electron chi connectivity index (χ1n) is 6.53. The van der Waals surface area contributed by atoms with Crippen molar-refractivity contribution < 1.29 is 0 Å². The molecule has 1 aliphatic rings. The van der Waals surface area contributed by atoms with Crippen LogP contribution in [0, 0.1) is 11.3 Å². The van der Waals surface area contributed by atoms with E-state index in [1.54, 1.807) is 0 Å². The maximum Gasteiger partial charge on any atom is 0.0967 e. The van der Waals surface area contributed by atoms with E-state index in [2.05, 4.69) is 37.1 Å². The van der Waals surface area contributed by atoms with E-state index in [0.717, 1.165) is 13.0 Å². The summed E-state index contributed by atoms with van der Waals surface area (Å²) in [6.45, 7) is 8.75. The average molecular weight is 223 g/mol. The summed E-state index contributed by atoms with van der Waals surface area (Å²) < 4.78 is 0. The zero-order valence-electron chi connectivity index (χ0n) is 10.9. The van der Waals surface area contributed by atoms with Crippen molar-refractivity contribution >= 4 is 0 Å². The first kappa shape index (κ1) is 13.5. The number of hydrogen-bond donors (Lipinski definition) is 1. The summed E-state index contributed by atoms with van der Waals surface area (Å²) in [5, 5.41) is 12.3. The predicted molar refractivity (Wildman–Crippen MR) is 67.2 cm³/mol. The van der Waals surface area contributed by atoms with Crippen LogP contribution in [-0.2, 0) is 0 Å². The first-order valence-corrected chi connectivity index (χ1v) is 6.53. The predicted octanol–water partition coefficient (Wildman–Crippen LogP) is 2.14. The minimum absolute atomic E-state index is 0.00845. The van der Waals surface area contributed by atoms with Gasteiger partial charge in [0.15, 0.2) is 0 Å². The number of hydrogen-bond acceptors (Lipinski definition) is 3. The molecule has 0 aliphatic carbocycles. The van der Waals surface area contributed by atoms with Crippen LogP contribution in [0.25, 0.3) is 0 Å². The molecule has 0 saturated carbocycles. The number of nitrogens with one attached hydrogen (secondary N) is 1. The Morgan fingerprint density at radius 1 is 1.44 bits per heavy atom. The van der Waals surface area contributed by atoms with Crippen molar-refractivity contribution in [3.63, 3.8) is 0 Å². The first-order chi connectivity index (χ1) is 7.63. The van der Waals surface area contributed by atoms with Crippen LogP contribution in [0.15, 0.2) is 0 Å². The monoisotopic (exact) mass is 223 g/mol. The molecule has 0 aromatic rings. The number of piperidine rings is 1. The molecular formula is C13H25N3. The molecule has 1 fully saturated rings. The molecule has 1 saturated heterocycles. The Morgan fingerprint density at radius 2 is 2.19 bits per heavy atom. The molecule has 0 aromatic heterocycles. The molecule has 1 rings (SSSR count). The van der Waals surface area contributed by atoms with Gasteiger partial charge < -0.3 is 4.90 Å². The van der Waals surface area contributed by atoms with E-state index in [1.807, 2.05) is 0 Å². The fourth-order valence-corrected chi connectivity index (χ4v) is 2.37. The van der Waals surface area contributed by atoms with Crippen LogP contribution in [0.3, 0.4) is 0 Å². The van der Waals surface area contributed by atoms with Gasteiger partial charge in [0.1, 0.15) is 0 Å². The average Bonchev–Trinajstić information content (AvgIpc) is 2.25. The van der Waals surface area contributed by atoms with Crippen LogP contribution in [0.5, 0.6) is 0 Å². The molecule has 0 spiro atoms. The third-order valence-corrected chi connectivity index (χ3v) is 3.34. The van der Waals surface area contributed by atoms with Gasteiger partial charge in [0.05, 0.1) is 12.1 Å². The fraction of sp³-hybridized carbons (Fsp3) is 0.923. The highest BCUT2D eigenvalue weighted by Gasteiger charge is 2.19. The van der Waals surface area contributed by atoms with Gasteiger partial charge in [0, 0.05) is 18.6 Å². The molecule has 1 N–H and O–H groups in total. The van der Waals surface area contributed by atoms with E-state index in [1.165, 1.54) is 25.8 Å². The number of rotatable bonds is 5. The summed E-state index contributed by atoms with van der Waals surface area (Å²) in [7, 11) is 0. The van der Waals surface area contributed by atoms with E-state index >= 15 is 0 Å². The van der Waals surface area contributed by atoms with Crippen molar-refractivity contribution in [2.45, 2.75) is 64.6 Å². The topological polar surface area (TPSA) is 39.1 Å². The lowest BCUT2D eigenvalue weighted by Crippen LogP contribution is -2.41. The molecule has 2 atom stereocenters. The Bertz CT molecular complexity index is 232. The number of nitrogens with zero attached hydrogens (tertiary/aromatic N) is 2. The SMILES string of the molecule is CC(C)NC(C#N)CCN1CCCCC1C. The molecule has 92 valence electrons. The summed E-state index contributed by atoms with van der Waals surface area (Å²) in [6, 6.07) is 3.45. The van der Waals surface area contributed by atoms with Crippen molar-refractivity contribution in [1.82, 2.24) is 10.2 Å². The number of likely N-dealkylation sites (tertiary alicyclic amines) is 1. The smallest absolute Gasteiger partial charge is 0.0967 e. The lowest BCUT2D eigenvalue weighted by atomic mass is 10.0. The van der Waals surface area contributed by atoms with Crippen LogP contribution in [0.2, 0.25) is 0 Å². The zero-order valence-corrected chi connectivity index (χ0v) is 10.9. The van der Waals surface area contributed by atoms with Gasteiger partial charge in [-0.25, -0.2) is 0 Å². The lowest BCUT2D eigenvalue weighted by Gasteiger charge is -2.33. The summed E-state index contributed by atoms with van der Waals surface area (Å²) in [5.74, 6) is 0. The Hall–Kier alpha value is -0.590. The Morgan fingerprint density at radius 3 is 2.75 bits per heavy atom. The lowest BCUT2D eigenvalue weighted by molar-refractivity contribution is 0.155. The second-order valence-corrected chi connectivity index (χ2v) is 5.17. The Balaban J connectivity index is 2.28. The quantitative estimate of drug-likeness (QED) is 0.776. The molecule has 0 aromatic carbocycles. The molecule has 3 heteroatoms. The molecule has 1 aliphatic heterocycles. The van der Waals surface area contributed by atoms with Gasteiger partial charge in [-0.2, -0.15) is 5.26 Å². The van der Waals surface area contributed by atoms with Gasteiger partial charge in [-0.05, 0) is 46.6 Å². The van der Waals surface area contributed by atoms with Gasteiger partial charge >= 0.3 is 0 Å². The maximum absolute atomic E-state index is 9.04. The molecule has 1 heterocycles. The van der Waals surface area contributed by atoms with Crippen LogP contribution < -0.4 is 5.32 Å². The van der Waals surface area contributed by atoms with Crippen molar-refractivity contribution in [3.05, 3.63) is 0 Å². The summed E-state index contributed by atoms with van der Waals surface area (Å²) in [6.07, 6.45) is 4.94.